The minimum atomic E-state index is 0.809. The molecule has 58 valence electrons. The van der Waals surface area contributed by atoms with Crippen molar-refractivity contribution in [1.29, 1.82) is 0 Å². The molecule has 2 N–H and O–H groups in total. The molecule has 1 rings (SSSR count). The minimum Gasteiger partial charge on any atom is -0.326 e. The van der Waals surface area contributed by atoms with Gasteiger partial charge in [0, 0.05) is 12.2 Å². The molecular formula is C8H16N2. The van der Waals surface area contributed by atoms with Crippen molar-refractivity contribution in [3.63, 3.8) is 0 Å². The Morgan fingerprint density at radius 2 is 2.40 bits per heavy atom. The van der Waals surface area contributed by atoms with Crippen molar-refractivity contribution in [1.82, 2.24) is 10.9 Å². The Balaban J connectivity index is 2.13. The lowest BCUT2D eigenvalue weighted by molar-refractivity contribution is 0.561. The fraction of sp³-hybridized carbons (Fsp3) is 0.750. The smallest absolute Gasteiger partial charge is 0.0348 e. The number of rotatable bonds is 3. The van der Waals surface area contributed by atoms with Crippen LogP contribution in [-0.2, 0) is 0 Å². The molecule has 0 bridgehead atoms. The normalized spacial score (nSPS) is 17.3. The minimum absolute atomic E-state index is 0.809. The van der Waals surface area contributed by atoms with Gasteiger partial charge in [-0.15, -0.1) is 0 Å². The first-order valence-electron chi connectivity index (χ1n) is 3.97. The predicted molar refractivity (Wildman–Crippen MR) is 43.3 cm³/mol. The van der Waals surface area contributed by atoms with Crippen LogP contribution in [0.15, 0.2) is 11.8 Å². The fourth-order valence-electron chi connectivity index (χ4n) is 0.999. The zero-order valence-corrected chi connectivity index (χ0v) is 6.78. The van der Waals surface area contributed by atoms with Crippen LogP contribution in [-0.4, -0.2) is 6.54 Å². The van der Waals surface area contributed by atoms with Crippen LogP contribution in [0, 0.1) is 5.92 Å². The van der Waals surface area contributed by atoms with Crippen LogP contribution in [0.2, 0.25) is 0 Å². The molecule has 0 fully saturated rings. The van der Waals surface area contributed by atoms with Crippen LogP contribution in [0.1, 0.15) is 26.7 Å². The van der Waals surface area contributed by atoms with Crippen LogP contribution in [0.3, 0.4) is 0 Å². The van der Waals surface area contributed by atoms with E-state index in [1.807, 2.05) is 0 Å². The van der Waals surface area contributed by atoms with E-state index in [0.29, 0.717) is 0 Å². The Hall–Kier alpha value is -0.500. The van der Waals surface area contributed by atoms with Crippen LogP contribution in [0.25, 0.3) is 0 Å². The van der Waals surface area contributed by atoms with Gasteiger partial charge in [0.1, 0.15) is 0 Å². The van der Waals surface area contributed by atoms with Gasteiger partial charge >= 0.3 is 0 Å². The SMILES string of the molecule is CC(C)CCC1=CCNN1. The average Bonchev–Trinajstić information content (AvgIpc) is 2.34. The summed E-state index contributed by atoms with van der Waals surface area (Å²) in [5, 5.41) is 0. The van der Waals surface area contributed by atoms with Crippen molar-refractivity contribution in [2.45, 2.75) is 26.7 Å². The molecule has 0 unspecified atom stereocenters. The van der Waals surface area contributed by atoms with Gasteiger partial charge in [0.2, 0.25) is 0 Å². The quantitative estimate of drug-likeness (QED) is 0.619. The first-order valence-corrected chi connectivity index (χ1v) is 3.97. The van der Waals surface area contributed by atoms with E-state index in [1.165, 1.54) is 18.5 Å². The summed E-state index contributed by atoms with van der Waals surface area (Å²) < 4.78 is 0. The number of hydrogen-bond acceptors (Lipinski definition) is 2. The molecule has 0 spiro atoms. The van der Waals surface area contributed by atoms with Gasteiger partial charge in [-0.2, -0.15) is 0 Å². The van der Waals surface area contributed by atoms with Gasteiger partial charge in [-0.1, -0.05) is 13.8 Å². The third-order valence-electron chi connectivity index (χ3n) is 1.69. The maximum Gasteiger partial charge on any atom is 0.0348 e. The third kappa shape index (κ3) is 2.40. The average molecular weight is 140 g/mol. The maximum absolute atomic E-state index is 3.12. The number of allylic oxidation sites excluding steroid dienone is 1. The Morgan fingerprint density at radius 1 is 1.60 bits per heavy atom. The van der Waals surface area contributed by atoms with Crippen LogP contribution < -0.4 is 10.9 Å². The highest BCUT2D eigenvalue weighted by molar-refractivity contribution is 5.04. The highest BCUT2D eigenvalue weighted by Crippen LogP contribution is 2.09. The topological polar surface area (TPSA) is 24.1 Å². The second kappa shape index (κ2) is 3.62. The van der Waals surface area contributed by atoms with E-state index in [1.54, 1.807) is 0 Å². The van der Waals surface area contributed by atoms with Crippen molar-refractivity contribution >= 4 is 0 Å². The van der Waals surface area contributed by atoms with Crippen molar-refractivity contribution in [3.8, 4) is 0 Å². The van der Waals surface area contributed by atoms with Gasteiger partial charge in [0.25, 0.3) is 0 Å². The molecule has 10 heavy (non-hydrogen) atoms. The highest BCUT2D eigenvalue weighted by Gasteiger charge is 2.02. The second-order valence-electron chi connectivity index (χ2n) is 3.17. The zero-order valence-electron chi connectivity index (χ0n) is 6.78. The van der Waals surface area contributed by atoms with E-state index < -0.39 is 0 Å². The standard InChI is InChI=1S/C8H16N2/c1-7(2)3-4-8-5-6-9-10-8/h5,7,9-10H,3-4,6H2,1-2H3. The molecule has 0 saturated carbocycles. The molecular weight excluding hydrogens is 124 g/mol. The largest absolute Gasteiger partial charge is 0.326 e. The first-order chi connectivity index (χ1) is 4.79. The molecule has 0 aromatic carbocycles. The van der Waals surface area contributed by atoms with E-state index in [2.05, 4.69) is 30.8 Å². The van der Waals surface area contributed by atoms with E-state index >= 15 is 0 Å². The van der Waals surface area contributed by atoms with Crippen molar-refractivity contribution in [3.05, 3.63) is 11.8 Å². The highest BCUT2D eigenvalue weighted by atomic mass is 15.4. The van der Waals surface area contributed by atoms with Gasteiger partial charge in [0.15, 0.2) is 0 Å². The maximum atomic E-state index is 3.12. The monoisotopic (exact) mass is 140 g/mol. The fourth-order valence-corrected chi connectivity index (χ4v) is 0.999. The molecule has 0 amide bonds. The van der Waals surface area contributed by atoms with Gasteiger partial charge < -0.3 is 5.43 Å². The molecule has 0 radical (unpaired) electrons. The molecule has 0 saturated heterocycles. The molecule has 1 aliphatic rings. The molecule has 2 nitrogen and oxygen atoms in total. The van der Waals surface area contributed by atoms with Crippen molar-refractivity contribution < 1.29 is 0 Å². The van der Waals surface area contributed by atoms with E-state index in [9.17, 15) is 0 Å². The summed E-state index contributed by atoms with van der Waals surface area (Å²) in [6.07, 6.45) is 4.67. The van der Waals surface area contributed by atoms with Crippen LogP contribution in [0.4, 0.5) is 0 Å². The summed E-state index contributed by atoms with van der Waals surface area (Å²) >= 11 is 0. The Morgan fingerprint density at radius 3 is 2.90 bits per heavy atom. The number of hydrazine groups is 1. The summed E-state index contributed by atoms with van der Waals surface area (Å²) in [6.45, 7) is 5.49. The molecule has 0 atom stereocenters. The lowest BCUT2D eigenvalue weighted by atomic mass is 10.1. The summed E-state index contributed by atoms with van der Waals surface area (Å²) in [5.74, 6) is 0.809. The van der Waals surface area contributed by atoms with Gasteiger partial charge in [-0.05, 0) is 24.8 Å². The van der Waals surface area contributed by atoms with Crippen LogP contribution >= 0.6 is 0 Å². The van der Waals surface area contributed by atoms with Crippen molar-refractivity contribution in [2.24, 2.45) is 5.92 Å². The lowest BCUT2D eigenvalue weighted by Gasteiger charge is -2.05. The molecule has 0 aromatic heterocycles. The Kier molecular flexibility index (Phi) is 2.75. The van der Waals surface area contributed by atoms with E-state index in [-0.39, 0.29) is 0 Å². The third-order valence-corrected chi connectivity index (χ3v) is 1.69. The Bertz CT molecular complexity index is 127. The van der Waals surface area contributed by atoms with E-state index in [0.717, 1.165) is 12.5 Å². The summed E-state index contributed by atoms with van der Waals surface area (Å²) in [7, 11) is 0. The van der Waals surface area contributed by atoms with Crippen molar-refractivity contribution in [2.75, 3.05) is 6.54 Å². The Labute approximate surface area is 62.7 Å². The summed E-state index contributed by atoms with van der Waals surface area (Å²) in [6, 6.07) is 0. The summed E-state index contributed by atoms with van der Waals surface area (Å²) in [4.78, 5) is 0. The summed E-state index contributed by atoms with van der Waals surface area (Å²) in [5.41, 5.74) is 7.53. The number of nitrogens with one attached hydrogen (secondary N) is 2. The lowest BCUT2D eigenvalue weighted by Crippen LogP contribution is -2.23. The van der Waals surface area contributed by atoms with E-state index in [4.69, 9.17) is 0 Å². The predicted octanol–water partition coefficient (Wildman–Crippen LogP) is 1.41. The second-order valence-corrected chi connectivity index (χ2v) is 3.17. The van der Waals surface area contributed by atoms with Gasteiger partial charge in [-0.25, -0.2) is 5.43 Å². The van der Waals surface area contributed by atoms with Gasteiger partial charge in [0.05, 0.1) is 0 Å². The molecule has 0 aromatic rings. The molecule has 2 heteroatoms. The molecule has 0 aliphatic carbocycles. The molecule has 1 aliphatic heterocycles. The van der Waals surface area contributed by atoms with Crippen LogP contribution in [0.5, 0.6) is 0 Å². The van der Waals surface area contributed by atoms with Gasteiger partial charge in [-0.3, -0.25) is 0 Å². The first kappa shape index (κ1) is 7.61. The zero-order chi connectivity index (χ0) is 7.40. The molecule has 1 heterocycles. The number of hydrogen-bond donors (Lipinski definition) is 2.